The van der Waals surface area contributed by atoms with E-state index in [9.17, 15) is 9.59 Å². The molecule has 0 spiro atoms. The van der Waals surface area contributed by atoms with Crippen molar-refractivity contribution in [2.24, 2.45) is 0 Å². The summed E-state index contributed by atoms with van der Waals surface area (Å²) in [5, 5.41) is 5.80. The number of para-hydroxylation sites is 1. The van der Waals surface area contributed by atoms with Gasteiger partial charge in [0.05, 0.1) is 25.5 Å². The highest BCUT2D eigenvalue weighted by molar-refractivity contribution is 6.03. The molecule has 2 aromatic rings. The minimum absolute atomic E-state index is 0.150. The molecule has 2 aromatic carbocycles. The van der Waals surface area contributed by atoms with Gasteiger partial charge < -0.3 is 20.1 Å². The molecule has 1 saturated carbocycles. The van der Waals surface area contributed by atoms with Crippen LogP contribution in [0, 0.1) is 0 Å². The molecule has 2 N–H and O–H groups in total. The Morgan fingerprint density at radius 3 is 2.56 bits per heavy atom. The Morgan fingerprint density at radius 2 is 1.85 bits per heavy atom. The lowest BCUT2D eigenvalue weighted by Gasteiger charge is -2.12. The summed E-state index contributed by atoms with van der Waals surface area (Å²) in [6.45, 7) is 0. The number of ether oxygens (including phenoxy) is 2. The van der Waals surface area contributed by atoms with E-state index in [1.54, 1.807) is 38.5 Å². The smallest absolute Gasteiger partial charge is 0.253 e. The van der Waals surface area contributed by atoms with Crippen LogP contribution in [0.5, 0.6) is 11.5 Å². The zero-order valence-corrected chi connectivity index (χ0v) is 15.6. The van der Waals surface area contributed by atoms with E-state index in [0.29, 0.717) is 29.2 Å². The Hall–Kier alpha value is -3.02. The molecule has 27 heavy (non-hydrogen) atoms. The van der Waals surface area contributed by atoms with Crippen molar-refractivity contribution in [2.45, 2.75) is 31.7 Å². The van der Waals surface area contributed by atoms with Crippen LogP contribution in [-0.2, 0) is 11.2 Å². The third-order valence-corrected chi connectivity index (χ3v) is 4.47. The van der Waals surface area contributed by atoms with Gasteiger partial charge in [-0.25, -0.2) is 0 Å². The zero-order valence-electron chi connectivity index (χ0n) is 15.6. The van der Waals surface area contributed by atoms with Crippen LogP contribution in [0.15, 0.2) is 42.5 Å². The van der Waals surface area contributed by atoms with Crippen LogP contribution in [0.2, 0.25) is 0 Å². The van der Waals surface area contributed by atoms with Crippen LogP contribution in [0.25, 0.3) is 0 Å². The molecule has 6 nitrogen and oxygen atoms in total. The summed E-state index contributed by atoms with van der Waals surface area (Å²) >= 11 is 0. The number of anilines is 1. The van der Waals surface area contributed by atoms with Crippen LogP contribution in [0.1, 0.15) is 35.2 Å². The normalized spacial score (nSPS) is 13.0. The second-order valence-corrected chi connectivity index (χ2v) is 6.52. The number of amides is 2. The molecule has 0 atom stereocenters. The molecule has 1 aliphatic carbocycles. The van der Waals surface area contributed by atoms with Crippen molar-refractivity contribution in [2.75, 3.05) is 19.5 Å². The molecule has 3 rings (SSSR count). The van der Waals surface area contributed by atoms with Gasteiger partial charge in [0.1, 0.15) is 11.5 Å². The molecule has 2 amide bonds. The third-order valence-electron chi connectivity index (χ3n) is 4.47. The van der Waals surface area contributed by atoms with Gasteiger partial charge in [-0.05, 0) is 55.2 Å². The maximum absolute atomic E-state index is 12.4. The van der Waals surface area contributed by atoms with E-state index in [4.69, 9.17) is 9.47 Å². The molecule has 0 aliphatic heterocycles. The van der Waals surface area contributed by atoms with Crippen molar-refractivity contribution in [1.82, 2.24) is 5.32 Å². The molecule has 6 heteroatoms. The van der Waals surface area contributed by atoms with Crippen molar-refractivity contribution < 1.29 is 19.1 Å². The molecular formula is C21H24N2O4. The molecule has 0 aromatic heterocycles. The average Bonchev–Trinajstić information content (AvgIpc) is 3.50. The topological polar surface area (TPSA) is 76.7 Å². The van der Waals surface area contributed by atoms with Crippen molar-refractivity contribution in [3.63, 3.8) is 0 Å². The lowest BCUT2D eigenvalue weighted by atomic mass is 10.1. The largest absolute Gasteiger partial charge is 0.497 e. The predicted octanol–water partition coefficient (Wildman–Crippen LogP) is 3.17. The standard InChI is InChI=1S/C21H24N2O4/c1-26-16-10-11-19(27-2)14(13-16)7-12-20(24)23-18-6-4-3-5-17(18)21(25)22-15-8-9-15/h3-6,10-11,13,15H,7-9,12H2,1-2H3,(H,22,25)(H,23,24). The Bertz CT molecular complexity index is 831. The van der Waals surface area contributed by atoms with E-state index in [2.05, 4.69) is 10.6 Å². The second kappa shape index (κ2) is 8.58. The maximum atomic E-state index is 12.4. The summed E-state index contributed by atoms with van der Waals surface area (Å²) in [5.41, 5.74) is 1.90. The number of rotatable bonds is 8. The van der Waals surface area contributed by atoms with Gasteiger partial charge >= 0.3 is 0 Å². The number of methoxy groups -OCH3 is 2. The van der Waals surface area contributed by atoms with E-state index in [1.807, 2.05) is 18.2 Å². The quantitative estimate of drug-likeness (QED) is 0.750. The monoisotopic (exact) mass is 368 g/mol. The SMILES string of the molecule is COc1ccc(OC)c(CCC(=O)Nc2ccccc2C(=O)NC2CC2)c1. The zero-order chi connectivity index (χ0) is 19.2. The Kier molecular flexibility index (Phi) is 5.96. The van der Waals surface area contributed by atoms with E-state index in [-0.39, 0.29) is 24.3 Å². The van der Waals surface area contributed by atoms with Gasteiger partial charge in [-0.15, -0.1) is 0 Å². The first-order valence-corrected chi connectivity index (χ1v) is 9.01. The third kappa shape index (κ3) is 5.00. The van der Waals surface area contributed by atoms with E-state index in [1.165, 1.54) is 0 Å². The van der Waals surface area contributed by atoms with Gasteiger partial charge in [-0.2, -0.15) is 0 Å². The molecule has 0 heterocycles. The summed E-state index contributed by atoms with van der Waals surface area (Å²) in [4.78, 5) is 24.8. The summed E-state index contributed by atoms with van der Waals surface area (Å²) in [7, 11) is 3.20. The van der Waals surface area contributed by atoms with Gasteiger partial charge in [0.25, 0.3) is 5.91 Å². The van der Waals surface area contributed by atoms with Crippen molar-refractivity contribution in [1.29, 1.82) is 0 Å². The highest BCUT2D eigenvalue weighted by Crippen LogP contribution is 2.26. The average molecular weight is 368 g/mol. The van der Waals surface area contributed by atoms with Crippen molar-refractivity contribution in [3.8, 4) is 11.5 Å². The molecule has 0 radical (unpaired) electrons. The molecule has 1 aliphatic rings. The van der Waals surface area contributed by atoms with Gasteiger partial charge in [-0.1, -0.05) is 12.1 Å². The Morgan fingerprint density at radius 1 is 1.07 bits per heavy atom. The molecule has 142 valence electrons. The van der Waals surface area contributed by atoms with Crippen molar-refractivity contribution >= 4 is 17.5 Å². The number of hydrogen-bond donors (Lipinski definition) is 2. The summed E-state index contributed by atoms with van der Waals surface area (Å²) in [6.07, 6.45) is 2.80. The first-order chi connectivity index (χ1) is 13.1. The van der Waals surface area contributed by atoms with Gasteiger partial charge in [-0.3, -0.25) is 9.59 Å². The van der Waals surface area contributed by atoms with Crippen LogP contribution in [0.3, 0.4) is 0 Å². The van der Waals surface area contributed by atoms with Crippen LogP contribution in [0.4, 0.5) is 5.69 Å². The Labute approximate surface area is 158 Å². The number of hydrogen-bond acceptors (Lipinski definition) is 4. The minimum Gasteiger partial charge on any atom is -0.497 e. The molecule has 0 unspecified atom stereocenters. The van der Waals surface area contributed by atoms with Crippen LogP contribution in [-0.4, -0.2) is 32.1 Å². The van der Waals surface area contributed by atoms with Crippen LogP contribution >= 0.6 is 0 Å². The lowest BCUT2D eigenvalue weighted by Crippen LogP contribution is -2.27. The summed E-state index contributed by atoms with van der Waals surface area (Å²) in [5.74, 6) is 1.12. The molecule has 0 bridgehead atoms. The van der Waals surface area contributed by atoms with E-state index in [0.717, 1.165) is 18.4 Å². The fourth-order valence-electron chi connectivity index (χ4n) is 2.82. The number of aryl methyl sites for hydroxylation is 1. The second-order valence-electron chi connectivity index (χ2n) is 6.52. The van der Waals surface area contributed by atoms with Crippen LogP contribution < -0.4 is 20.1 Å². The first-order valence-electron chi connectivity index (χ1n) is 9.01. The minimum atomic E-state index is -0.161. The highest BCUT2D eigenvalue weighted by atomic mass is 16.5. The van der Waals surface area contributed by atoms with Gasteiger partial charge in [0.15, 0.2) is 0 Å². The summed E-state index contributed by atoms with van der Waals surface area (Å²) in [6, 6.07) is 12.8. The number of benzene rings is 2. The first kappa shape index (κ1) is 18.8. The fraction of sp³-hybridized carbons (Fsp3) is 0.333. The van der Waals surface area contributed by atoms with Gasteiger partial charge in [0.2, 0.25) is 5.91 Å². The lowest BCUT2D eigenvalue weighted by molar-refractivity contribution is -0.116. The van der Waals surface area contributed by atoms with E-state index >= 15 is 0 Å². The predicted molar refractivity (Wildman–Crippen MR) is 103 cm³/mol. The van der Waals surface area contributed by atoms with E-state index < -0.39 is 0 Å². The van der Waals surface area contributed by atoms with Gasteiger partial charge in [0, 0.05) is 12.5 Å². The van der Waals surface area contributed by atoms with Crippen molar-refractivity contribution in [3.05, 3.63) is 53.6 Å². The maximum Gasteiger partial charge on any atom is 0.253 e. The number of carbonyl (C=O) groups excluding carboxylic acids is 2. The molecular weight excluding hydrogens is 344 g/mol. The summed E-state index contributed by atoms with van der Waals surface area (Å²) < 4.78 is 10.6. The number of carbonyl (C=O) groups is 2. The molecule has 1 fully saturated rings. The molecule has 0 saturated heterocycles. The highest BCUT2D eigenvalue weighted by Gasteiger charge is 2.25. The Balaban J connectivity index is 1.64. The fourth-order valence-corrected chi connectivity index (χ4v) is 2.82. The number of nitrogens with one attached hydrogen (secondary N) is 2.